The fourth-order valence-corrected chi connectivity index (χ4v) is 2.78. The lowest BCUT2D eigenvalue weighted by Crippen LogP contribution is -2.24. The van der Waals surface area contributed by atoms with Gasteiger partial charge in [-0.05, 0) is 42.0 Å². The number of carbonyl (C=O) groups is 1. The highest BCUT2D eigenvalue weighted by Gasteiger charge is 2.10. The van der Waals surface area contributed by atoms with Gasteiger partial charge in [-0.1, -0.05) is 24.3 Å². The first-order valence-electron chi connectivity index (χ1n) is 8.86. The molecule has 1 aromatic heterocycles. The van der Waals surface area contributed by atoms with Crippen LogP contribution in [0.15, 0.2) is 66.9 Å². The third-order valence-corrected chi connectivity index (χ3v) is 4.41. The van der Waals surface area contributed by atoms with Crippen molar-refractivity contribution in [1.29, 1.82) is 0 Å². The Labute approximate surface area is 164 Å². The summed E-state index contributed by atoms with van der Waals surface area (Å²) >= 11 is 0. The van der Waals surface area contributed by atoms with Gasteiger partial charge in [0.15, 0.2) is 11.5 Å². The first-order valence-corrected chi connectivity index (χ1v) is 8.86. The van der Waals surface area contributed by atoms with Crippen LogP contribution < -0.4 is 19.7 Å². The molecular weight excluding hydrogens is 354 g/mol. The van der Waals surface area contributed by atoms with E-state index in [4.69, 9.17) is 9.47 Å². The number of hydrogen-bond acceptors (Lipinski definition) is 5. The van der Waals surface area contributed by atoms with E-state index in [0.29, 0.717) is 23.7 Å². The minimum atomic E-state index is -0.233. The molecule has 0 atom stereocenters. The largest absolute Gasteiger partial charge is 0.493 e. The Bertz CT molecular complexity index is 928. The van der Waals surface area contributed by atoms with Gasteiger partial charge >= 0.3 is 0 Å². The minimum absolute atomic E-state index is 0.233. The summed E-state index contributed by atoms with van der Waals surface area (Å²) in [4.78, 5) is 18.7. The van der Waals surface area contributed by atoms with Gasteiger partial charge < -0.3 is 19.7 Å². The van der Waals surface area contributed by atoms with E-state index in [0.717, 1.165) is 16.9 Å². The Kier molecular flexibility index (Phi) is 6.11. The van der Waals surface area contributed by atoms with Crippen LogP contribution in [0.5, 0.6) is 11.5 Å². The van der Waals surface area contributed by atoms with Crippen LogP contribution in [0.4, 0.5) is 11.4 Å². The van der Waals surface area contributed by atoms with Gasteiger partial charge in [-0.3, -0.25) is 4.79 Å². The van der Waals surface area contributed by atoms with Crippen molar-refractivity contribution in [2.45, 2.75) is 6.54 Å². The predicted molar refractivity (Wildman–Crippen MR) is 109 cm³/mol. The average molecular weight is 377 g/mol. The molecule has 0 aliphatic carbocycles. The van der Waals surface area contributed by atoms with Crippen LogP contribution >= 0.6 is 0 Å². The van der Waals surface area contributed by atoms with E-state index in [1.54, 1.807) is 26.5 Å². The second-order valence-corrected chi connectivity index (χ2v) is 6.17. The second kappa shape index (κ2) is 8.90. The number of pyridine rings is 1. The number of aromatic nitrogens is 1. The predicted octanol–water partition coefficient (Wildman–Crippen LogP) is 3.80. The molecule has 0 saturated carbocycles. The third-order valence-electron chi connectivity index (χ3n) is 4.41. The Morgan fingerprint density at radius 2 is 1.71 bits per heavy atom. The van der Waals surface area contributed by atoms with Crippen LogP contribution in [0.25, 0.3) is 0 Å². The fraction of sp³-hybridized carbons (Fsp3) is 0.182. The first-order chi connectivity index (χ1) is 13.6. The van der Waals surface area contributed by atoms with Crippen molar-refractivity contribution in [3.63, 3.8) is 0 Å². The smallest absolute Gasteiger partial charge is 0.270 e. The molecule has 144 valence electrons. The molecule has 0 spiro atoms. The molecule has 0 aliphatic heterocycles. The number of para-hydroxylation sites is 1. The van der Waals surface area contributed by atoms with Crippen LogP contribution in [0.3, 0.4) is 0 Å². The Balaban J connectivity index is 1.63. The van der Waals surface area contributed by atoms with Crippen LogP contribution in [0.2, 0.25) is 0 Å². The topological polar surface area (TPSA) is 63.7 Å². The molecule has 0 aliphatic rings. The normalized spacial score (nSPS) is 10.2. The molecule has 2 aromatic carbocycles. The molecule has 0 fully saturated rings. The quantitative estimate of drug-likeness (QED) is 0.679. The summed E-state index contributed by atoms with van der Waals surface area (Å²) < 4.78 is 10.5. The standard InChI is InChI=1S/C22H23N3O3/c1-25(17-7-5-4-6-8-17)18-10-11-19(23-15-18)22(26)24-14-16-9-12-20(27-2)21(13-16)28-3/h4-13,15H,14H2,1-3H3,(H,24,26). The number of anilines is 2. The van der Waals surface area contributed by atoms with Crippen molar-refractivity contribution in [2.24, 2.45) is 0 Å². The van der Waals surface area contributed by atoms with Crippen molar-refractivity contribution in [3.8, 4) is 11.5 Å². The zero-order chi connectivity index (χ0) is 19.9. The number of amides is 1. The summed E-state index contributed by atoms with van der Waals surface area (Å²) in [5, 5.41) is 2.87. The molecule has 0 unspecified atom stereocenters. The van der Waals surface area contributed by atoms with Gasteiger partial charge in [0.1, 0.15) is 5.69 Å². The van der Waals surface area contributed by atoms with E-state index in [1.165, 1.54) is 0 Å². The molecule has 1 N–H and O–H groups in total. The highest BCUT2D eigenvalue weighted by Crippen LogP contribution is 2.27. The molecule has 1 heterocycles. The lowest BCUT2D eigenvalue weighted by Gasteiger charge is -2.19. The molecule has 3 aromatic rings. The number of methoxy groups -OCH3 is 2. The monoisotopic (exact) mass is 377 g/mol. The summed E-state index contributed by atoms with van der Waals surface area (Å²) in [6.07, 6.45) is 1.69. The maximum Gasteiger partial charge on any atom is 0.270 e. The van der Waals surface area contributed by atoms with E-state index in [2.05, 4.69) is 10.3 Å². The van der Waals surface area contributed by atoms with Crippen LogP contribution in [0.1, 0.15) is 16.1 Å². The molecule has 28 heavy (non-hydrogen) atoms. The second-order valence-electron chi connectivity index (χ2n) is 6.17. The molecule has 1 amide bonds. The van der Waals surface area contributed by atoms with Gasteiger partial charge in [0.05, 0.1) is 26.1 Å². The number of nitrogens with one attached hydrogen (secondary N) is 1. The molecular formula is C22H23N3O3. The zero-order valence-electron chi connectivity index (χ0n) is 16.2. The van der Waals surface area contributed by atoms with Gasteiger partial charge in [-0.2, -0.15) is 0 Å². The van der Waals surface area contributed by atoms with Gasteiger partial charge in [-0.25, -0.2) is 4.98 Å². The third kappa shape index (κ3) is 4.40. The van der Waals surface area contributed by atoms with Crippen molar-refractivity contribution < 1.29 is 14.3 Å². The maximum absolute atomic E-state index is 12.4. The van der Waals surface area contributed by atoms with E-state index in [9.17, 15) is 4.79 Å². The number of benzene rings is 2. The molecule has 3 rings (SSSR count). The van der Waals surface area contributed by atoms with Crippen molar-refractivity contribution in [3.05, 3.63) is 78.1 Å². The summed E-state index contributed by atoms with van der Waals surface area (Å²) in [5.74, 6) is 1.04. The van der Waals surface area contributed by atoms with Crippen molar-refractivity contribution >= 4 is 17.3 Å². The molecule has 0 bridgehead atoms. The molecule has 0 saturated heterocycles. The van der Waals surface area contributed by atoms with E-state index in [1.807, 2.05) is 66.5 Å². The summed E-state index contributed by atoms with van der Waals surface area (Å²) in [6, 6.07) is 19.1. The van der Waals surface area contributed by atoms with Crippen molar-refractivity contribution in [1.82, 2.24) is 10.3 Å². The average Bonchev–Trinajstić information content (AvgIpc) is 2.77. The van der Waals surface area contributed by atoms with Crippen LogP contribution in [-0.4, -0.2) is 32.2 Å². The Morgan fingerprint density at radius 1 is 0.964 bits per heavy atom. The summed E-state index contributed by atoms with van der Waals surface area (Å²) in [7, 11) is 5.13. The van der Waals surface area contributed by atoms with Gasteiger partial charge in [-0.15, -0.1) is 0 Å². The summed E-state index contributed by atoms with van der Waals surface area (Å²) in [6.45, 7) is 0.368. The number of carbonyl (C=O) groups excluding carboxylic acids is 1. The number of rotatable bonds is 7. The number of ether oxygens (including phenoxy) is 2. The van der Waals surface area contributed by atoms with E-state index < -0.39 is 0 Å². The van der Waals surface area contributed by atoms with Crippen LogP contribution in [-0.2, 0) is 6.54 Å². The maximum atomic E-state index is 12.4. The molecule has 6 nitrogen and oxygen atoms in total. The molecule has 0 radical (unpaired) electrons. The fourth-order valence-electron chi connectivity index (χ4n) is 2.78. The van der Waals surface area contributed by atoms with E-state index >= 15 is 0 Å². The summed E-state index contributed by atoms with van der Waals surface area (Å²) in [5.41, 5.74) is 3.23. The lowest BCUT2D eigenvalue weighted by molar-refractivity contribution is 0.0946. The Hall–Kier alpha value is -3.54. The highest BCUT2D eigenvalue weighted by atomic mass is 16.5. The zero-order valence-corrected chi connectivity index (χ0v) is 16.2. The number of hydrogen-bond donors (Lipinski definition) is 1. The van der Waals surface area contributed by atoms with Gasteiger partial charge in [0.2, 0.25) is 0 Å². The van der Waals surface area contributed by atoms with Gasteiger partial charge in [0.25, 0.3) is 5.91 Å². The first kappa shape index (κ1) is 19.2. The van der Waals surface area contributed by atoms with E-state index in [-0.39, 0.29) is 5.91 Å². The lowest BCUT2D eigenvalue weighted by atomic mass is 10.2. The highest BCUT2D eigenvalue weighted by molar-refractivity contribution is 5.92. The SMILES string of the molecule is COc1ccc(CNC(=O)c2ccc(N(C)c3ccccc3)cn2)cc1OC. The van der Waals surface area contributed by atoms with Crippen molar-refractivity contribution in [2.75, 3.05) is 26.2 Å². The minimum Gasteiger partial charge on any atom is -0.493 e. The van der Waals surface area contributed by atoms with Crippen LogP contribution in [0, 0.1) is 0 Å². The number of nitrogens with zero attached hydrogens (tertiary/aromatic N) is 2. The molecule has 6 heteroatoms. The van der Waals surface area contributed by atoms with Gasteiger partial charge in [0, 0.05) is 19.3 Å². The Morgan fingerprint density at radius 3 is 2.36 bits per heavy atom.